The number of anilines is 1. The average Bonchev–Trinajstić information content (AvgIpc) is 2.60. The summed E-state index contributed by atoms with van der Waals surface area (Å²) in [6, 6.07) is 0. The Balaban J connectivity index is 0.00000128. The molecule has 16 heavy (non-hydrogen) atoms. The lowest BCUT2D eigenvalue weighted by atomic mass is 10.1. The van der Waals surface area contributed by atoms with Crippen LogP contribution in [0.2, 0.25) is 0 Å². The molecule has 1 aromatic rings. The van der Waals surface area contributed by atoms with Crippen molar-refractivity contribution < 1.29 is 5.11 Å². The highest BCUT2D eigenvalue weighted by atomic mass is 35.5. The molecule has 0 unspecified atom stereocenters. The third-order valence-electron chi connectivity index (χ3n) is 2.12. The van der Waals surface area contributed by atoms with E-state index in [1.807, 2.05) is 6.20 Å². The summed E-state index contributed by atoms with van der Waals surface area (Å²) >= 11 is 0. The zero-order valence-corrected chi connectivity index (χ0v) is 10.1. The molecule has 1 aromatic heterocycles. The van der Waals surface area contributed by atoms with Gasteiger partial charge in [-0.25, -0.2) is 9.97 Å². The van der Waals surface area contributed by atoms with Crippen LogP contribution in [-0.2, 0) is 13.1 Å². The standard InChI is InChI=1S/C10H15N4O.ClH/c1-10(2,15)6-13-9-12-4-7-3-11-5-8(7)14-9;/h4,6,11,15H,3,5H2,1-2H3,(H,12,13,14);1H. The summed E-state index contributed by atoms with van der Waals surface area (Å²) in [5, 5.41) is 15.6. The number of aromatic nitrogens is 2. The molecule has 5 nitrogen and oxygen atoms in total. The smallest absolute Gasteiger partial charge is 0.223 e. The van der Waals surface area contributed by atoms with Crippen molar-refractivity contribution in [3.63, 3.8) is 0 Å². The van der Waals surface area contributed by atoms with Gasteiger partial charge < -0.3 is 15.7 Å². The first-order valence-electron chi connectivity index (χ1n) is 4.93. The van der Waals surface area contributed by atoms with E-state index < -0.39 is 5.60 Å². The lowest BCUT2D eigenvalue weighted by Crippen LogP contribution is -2.24. The summed E-state index contributed by atoms with van der Waals surface area (Å²) in [7, 11) is 0. The zero-order valence-electron chi connectivity index (χ0n) is 9.32. The number of hydrogen-bond acceptors (Lipinski definition) is 5. The minimum atomic E-state index is -0.874. The molecule has 0 bridgehead atoms. The number of rotatable bonds is 3. The van der Waals surface area contributed by atoms with Crippen molar-refractivity contribution in [1.82, 2.24) is 15.3 Å². The summed E-state index contributed by atoms with van der Waals surface area (Å²) in [6.45, 7) is 6.57. The molecule has 0 aromatic carbocycles. The van der Waals surface area contributed by atoms with Gasteiger partial charge in [0.05, 0.1) is 17.8 Å². The molecule has 2 heterocycles. The molecule has 0 fully saturated rings. The van der Waals surface area contributed by atoms with Crippen LogP contribution in [0.25, 0.3) is 0 Å². The van der Waals surface area contributed by atoms with Gasteiger partial charge in [0.15, 0.2) is 0 Å². The van der Waals surface area contributed by atoms with E-state index in [4.69, 9.17) is 0 Å². The van der Waals surface area contributed by atoms with E-state index in [0.717, 1.165) is 24.3 Å². The second-order valence-electron chi connectivity index (χ2n) is 4.21. The normalized spacial score (nSPS) is 14.2. The van der Waals surface area contributed by atoms with Crippen molar-refractivity contribution in [3.05, 3.63) is 24.0 Å². The molecule has 1 radical (unpaired) electrons. The molecule has 89 valence electrons. The summed E-state index contributed by atoms with van der Waals surface area (Å²) in [6.07, 6.45) is 1.81. The van der Waals surface area contributed by atoms with Gasteiger partial charge in [-0.1, -0.05) is 0 Å². The fraction of sp³-hybridized carbons (Fsp3) is 0.500. The maximum Gasteiger partial charge on any atom is 0.223 e. The highest BCUT2D eigenvalue weighted by Crippen LogP contribution is 2.14. The summed E-state index contributed by atoms with van der Waals surface area (Å²) in [5.41, 5.74) is 1.29. The second kappa shape index (κ2) is 4.95. The van der Waals surface area contributed by atoms with E-state index in [-0.39, 0.29) is 12.4 Å². The molecule has 0 saturated heterocycles. The van der Waals surface area contributed by atoms with Crippen LogP contribution in [0.15, 0.2) is 6.20 Å². The van der Waals surface area contributed by atoms with Gasteiger partial charge in [-0.3, -0.25) is 0 Å². The second-order valence-corrected chi connectivity index (χ2v) is 4.21. The van der Waals surface area contributed by atoms with Gasteiger partial charge in [-0.05, 0) is 13.8 Å². The quantitative estimate of drug-likeness (QED) is 0.734. The van der Waals surface area contributed by atoms with Crippen LogP contribution in [0.5, 0.6) is 0 Å². The number of fused-ring (bicyclic) bond motifs is 1. The topological polar surface area (TPSA) is 70.1 Å². The Labute approximate surface area is 101 Å². The number of hydrogen-bond donors (Lipinski definition) is 3. The lowest BCUT2D eigenvalue weighted by molar-refractivity contribution is 0.117. The molecule has 0 amide bonds. The molecule has 1 aliphatic heterocycles. The number of aliphatic hydroxyl groups is 1. The Hall–Kier alpha value is -0.910. The van der Waals surface area contributed by atoms with Gasteiger partial charge in [0.25, 0.3) is 0 Å². The summed E-state index contributed by atoms with van der Waals surface area (Å²) < 4.78 is 0. The van der Waals surface area contributed by atoms with Crippen molar-refractivity contribution in [1.29, 1.82) is 0 Å². The third-order valence-corrected chi connectivity index (χ3v) is 2.12. The van der Waals surface area contributed by atoms with Crippen LogP contribution >= 0.6 is 12.4 Å². The zero-order chi connectivity index (χ0) is 10.9. The molecule has 6 heteroatoms. The van der Waals surface area contributed by atoms with Crippen molar-refractivity contribution in [3.8, 4) is 0 Å². The minimum absolute atomic E-state index is 0. The Morgan fingerprint density at radius 1 is 1.50 bits per heavy atom. The fourth-order valence-corrected chi connectivity index (χ4v) is 1.37. The molecule has 3 N–H and O–H groups in total. The SMILES string of the molecule is CC(C)(O)[CH]Nc1ncc2c(n1)CNC2.Cl. The number of nitrogens with zero attached hydrogens (tertiary/aromatic N) is 2. The van der Waals surface area contributed by atoms with Crippen LogP contribution in [0, 0.1) is 6.54 Å². The molecular weight excluding hydrogens is 228 g/mol. The van der Waals surface area contributed by atoms with E-state index in [2.05, 4.69) is 20.6 Å². The van der Waals surface area contributed by atoms with E-state index in [1.54, 1.807) is 20.4 Å². The largest absolute Gasteiger partial charge is 0.388 e. The summed E-state index contributed by atoms with van der Waals surface area (Å²) in [4.78, 5) is 8.48. The van der Waals surface area contributed by atoms with Gasteiger partial charge >= 0.3 is 0 Å². The summed E-state index contributed by atoms with van der Waals surface area (Å²) in [5.74, 6) is 0.527. The van der Waals surface area contributed by atoms with Crippen LogP contribution < -0.4 is 10.6 Å². The van der Waals surface area contributed by atoms with Crippen molar-refractivity contribution in [2.45, 2.75) is 32.5 Å². The van der Waals surface area contributed by atoms with Crippen molar-refractivity contribution in [2.24, 2.45) is 0 Å². The highest BCUT2D eigenvalue weighted by Gasteiger charge is 2.16. The molecule has 0 atom stereocenters. The van der Waals surface area contributed by atoms with E-state index in [1.165, 1.54) is 0 Å². The van der Waals surface area contributed by atoms with Crippen LogP contribution in [0.1, 0.15) is 25.1 Å². The third kappa shape index (κ3) is 3.30. The fourth-order valence-electron chi connectivity index (χ4n) is 1.37. The molecule has 1 aliphatic rings. The lowest BCUT2D eigenvalue weighted by Gasteiger charge is -2.16. The maximum absolute atomic E-state index is 9.49. The first-order valence-corrected chi connectivity index (χ1v) is 4.93. The highest BCUT2D eigenvalue weighted by molar-refractivity contribution is 5.85. The van der Waals surface area contributed by atoms with Crippen molar-refractivity contribution in [2.75, 3.05) is 5.32 Å². The average molecular weight is 244 g/mol. The first kappa shape index (κ1) is 13.2. The van der Waals surface area contributed by atoms with Gasteiger partial charge in [-0.15, -0.1) is 12.4 Å². The van der Waals surface area contributed by atoms with Crippen LogP contribution in [0.3, 0.4) is 0 Å². The van der Waals surface area contributed by atoms with Gasteiger partial charge in [0, 0.05) is 24.8 Å². The Morgan fingerprint density at radius 3 is 2.94 bits per heavy atom. The minimum Gasteiger partial charge on any atom is -0.388 e. The van der Waals surface area contributed by atoms with E-state index in [0.29, 0.717) is 5.95 Å². The van der Waals surface area contributed by atoms with Crippen LogP contribution in [-0.4, -0.2) is 20.7 Å². The molecule has 0 spiro atoms. The monoisotopic (exact) mass is 243 g/mol. The number of nitrogens with one attached hydrogen (secondary N) is 2. The van der Waals surface area contributed by atoms with Crippen LogP contribution in [0.4, 0.5) is 5.95 Å². The molecular formula is C10H16ClN4O. The molecule has 0 aliphatic carbocycles. The predicted molar refractivity (Wildman–Crippen MR) is 64.0 cm³/mol. The number of halogens is 1. The van der Waals surface area contributed by atoms with Crippen molar-refractivity contribution >= 4 is 18.4 Å². The predicted octanol–water partition coefficient (Wildman–Crippen LogP) is 0.846. The maximum atomic E-state index is 9.49. The first-order chi connectivity index (χ1) is 7.04. The van der Waals surface area contributed by atoms with Gasteiger partial charge in [0.1, 0.15) is 0 Å². The Morgan fingerprint density at radius 2 is 2.25 bits per heavy atom. The van der Waals surface area contributed by atoms with E-state index >= 15 is 0 Å². The Kier molecular flexibility index (Phi) is 4.07. The molecule has 0 saturated carbocycles. The molecule has 2 rings (SSSR count). The van der Waals surface area contributed by atoms with Gasteiger partial charge in [0.2, 0.25) is 5.95 Å². The van der Waals surface area contributed by atoms with E-state index in [9.17, 15) is 5.11 Å². The van der Waals surface area contributed by atoms with Gasteiger partial charge in [-0.2, -0.15) is 0 Å². The Bertz CT molecular complexity index is 364.